The van der Waals surface area contributed by atoms with E-state index < -0.39 is 0 Å². The van der Waals surface area contributed by atoms with E-state index in [1.165, 1.54) is 12.1 Å². The lowest BCUT2D eigenvalue weighted by Gasteiger charge is -2.15. The summed E-state index contributed by atoms with van der Waals surface area (Å²) in [7, 11) is 1.57. The number of nitrogens with two attached hydrogens (primary N) is 1. The van der Waals surface area contributed by atoms with Crippen LogP contribution >= 0.6 is 0 Å². The van der Waals surface area contributed by atoms with E-state index >= 15 is 0 Å². The van der Waals surface area contributed by atoms with Crippen LogP contribution in [0.3, 0.4) is 0 Å². The van der Waals surface area contributed by atoms with Crippen molar-refractivity contribution in [1.29, 1.82) is 5.26 Å². The molecule has 0 aromatic heterocycles. The SMILES string of the molecule is CNC(=O)c1cccc(-c2ccc(N)c3c2CN(C/C(C#N)=C/c2ccc(F)cc2)C3=O)c1. The van der Waals surface area contributed by atoms with E-state index in [0.29, 0.717) is 28.0 Å². The van der Waals surface area contributed by atoms with E-state index in [1.54, 1.807) is 54.4 Å². The number of nitrogens with zero attached hydrogens (tertiary/aromatic N) is 2. The summed E-state index contributed by atoms with van der Waals surface area (Å²) in [5.41, 5.74) is 10.8. The second-order valence-electron chi connectivity index (χ2n) is 7.71. The summed E-state index contributed by atoms with van der Waals surface area (Å²) in [4.78, 5) is 26.8. The second-order valence-corrected chi connectivity index (χ2v) is 7.71. The third-order valence-electron chi connectivity index (χ3n) is 5.57. The standard InChI is InChI=1S/C26H21FN4O2/c1-30-25(32)19-4-2-3-18(12-19)21-9-10-23(29)24-22(21)15-31(26(24)33)14-17(13-28)11-16-5-7-20(27)8-6-16/h2-12H,14-15,29H2,1H3,(H,30,32)/b17-11+. The van der Waals surface area contributed by atoms with Crippen LogP contribution in [-0.4, -0.2) is 30.3 Å². The van der Waals surface area contributed by atoms with Gasteiger partial charge < -0.3 is 16.0 Å². The number of nitrogen functional groups attached to an aromatic ring is 1. The lowest BCUT2D eigenvalue weighted by molar-refractivity contribution is 0.0794. The first-order valence-electron chi connectivity index (χ1n) is 10.3. The van der Waals surface area contributed by atoms with Gasteiger partial charge in [0.25, 0.3) is 11.8 Å². The van der Waals surface area contributed by atoms with Crippen molar-refractivity contribution in [3.63, 3.8) is 0 Å². The van der Waals surface area contributed by atoms with Crippen LogP contribution in [0, 0.1) is 17.1 Å². The number of nitriles is 1. The number of hydrogen-bond acceptors (Lipinski definition) is 4. The molecule has 164 valence electrons. The summed E-state index contributed by atoms with van der Waals surface area (Å²) < 4.78 is 13.2. The van der Waals surface area contributed by atoms with Crippen molar-refractivity contribution in [2.45, 2.75) is 6.54 Å². The van der Waals surface area contributed by atoms with Gasteiger partial charge in [0.15, 0.2) is 0 Å². The molecule has 6 nitrogen and oxygen atoms in total. The molecule has 1 heterocycles. The number of hydrogen-bond donors (Lipinski definition) is 2. The Bertz CT molecular complexity index is 1320. The molecule has 33 heavy (non-hydrogen) atoms. The Morgan fingerprint density at radius 2 is 1.97 bits per heavy atom. The number of fused-ring (bicyclic) bond motifs is 1. The van der Waals surface area contributed by atoms with E-state index in [1.807, 2.05) is 12.1 Å². The molecule has 0 radical (unpaired) electrons. The molecule has 1 aliphatic heterocycles. The Labute approximate surface area is 190 Å². The van der Waals surface area contributed by atoms with Gasteiger partial charge in [-0.25, -0.2) is 4.39 Å². The van der Waals surface area contributed by atoms with E-state index in [4.69, 9.17) is 5.73 Å². The molecule has 3 aromatic carbocycles. The van der Waals surface area contributed by atoms with Gasteiger partial charge in [0, 0.05) is 30.4 Å². The average molecular weight is 440 g/mol. The number of amides is 2. The van der Waals surface area contributed by atoms with Crippen LogP contribution in [0.15, 0.2) is 66.2 Å². The Hall–Kier alpha value is -4.44. The molecular weight excluding hydrogens is 419 g/mol. The largest absolute Gasteiger partial charge is 0.398 e. The zero-order valence-corrected chi connectivity index (χ0v) is 17.9. The number of carbonyl (C=O) groups excluding carboxylic acids is 2. The van der Waals surface area contributed by atoms with Gasteiger partial charge in [-0.05, 0) is 58.7 Å². The minimum Gasteiger partial charge on any atom is -0.398 e. The van der Waals surface area contributed by atoms with Crippen molar-refractivity contribution < 1.29 is 14.0 Å². The third-order valence-corrected chi connectivity index (χ3v) is 5.57. The molecule has 4 rings (SSSR count). The Kier molecular flexibility index (Phi) is 5.92. The summed E-state index contributed by atoms with van der Waals surface area (Å²) in [6.07, 6.45) is 1.63. The van der Waals surface area contributed by atoms with Crippen LogP contribution < -0.4 is 11.1 Å². The van der Waals surface area contributed by atoms with Gasteiger partial charge in [0.1, 0.15) is 5.82 Å². The van der Waals surface area contributed by atoms with Crippen LogP contribution in [0.2, 0.25) is 0 Å². The van der Waals surface area contributed by atoms with Crippen molar-refractivity contribution >= 4 is 23.6 Å². The Balaban J connectivity index is 1.67. The highest BCUT2D eigenvalue weighted by atomic mass is 19.1. The smallest absolute Gasteiger partial charge is 0.256 e. The van der Waals surface area contributed by atoms with E-state index in [0.717, 1.165) is 16.7 Å². The van der Waals surface area contributed by atoms with E-state index in [9.17, 15) is 19.2 Å². The third kappa shape index (κ3) is 4.32. The molecular formula is C26H21FN4O2. The number of halogens is 1. The fourth-order valence-corrected chi connectivity index (χ4v) is 3.95. The topological polar surface area (TPSA) is 99.2 Å². The predicted molar refractivity (Wildman–Crippen MR) is 124 cm³/mol. The van der Waals surface area contributed by atoms with Crippen LogP contribution in [0.1, 0.15) is 31.8 Å². The molecule has 0 fully saturated rings. The minimum absolute atomic E-state index is 0.0958. The molecule has 0 saturated carbocycles. The molecule has 1 aliphatic rings. The number of carbonyl (C=O) groups is 2. The van der Waals surface area contributed by atoms with Gasteiger partial charge in [0.05, 0.1) is 18.2 Å². The highest BCUT2D eigenvalue weighted by molar-refractivity contribution is 6.05. The number of nitrogens with one attached hydrogen (secondary N) is 1. The van der Waals surface area contributed by atoms with Crippen molar-refractivity contribution in [3.8, 4) is 17.2 Å². The minimum atomic E-state index is -0.362. The Morgan fingerprint density at radius 3 is 2.67 bits per heavy atom. The Morgan fingerprint density at radius 1 is 1.21 bits per heavy atom. The fourth-order valence-electron chi connectivity index (χ4n) is 3.95. The molecule has 0 unspecified atom stereocenters. The molecule has 0 bridgehead atoms. The summed E-state index contributed by atoms with van der Waals surface area (Å²) >= 11 is 0. The van der Waals surface area contributed by atoms with Crippen molar-refractivity contribution in [2.75, 3.05) is 19.3 Å². The first-order valence-corrected chi connectivity index (χ1v) is 10.3. The van der Waals surface area contributed by atoms with Gasteiger partial charge in [0.2, 0.25) is 0 Å². The molecule has 0 atom stereocenters. The maximum atomic E-state index is 13.2. The van der Waals surface area contributed by atoms with Crippen LogP contribution in [0.4, 0.5) is 10.1 Å². The van der Waals surface area contributed by atoms with Crippen LogP contribution in [-0.2, 0) is 6.54 Å². The number of benzene rings is 3. The number of rotatable bonds is 5. The zero-order valence-electron chi connectivity index (χ0n) is 17.9. The highest BCUT2D eigenvalue weighted by Crippen LogP contribution is 2.36. The van der Waals surface area contributed by atoms with Gasteiger partial charge >= 0.3 is 0 Å². The molecule has 7 heteroatoms. The van der Waals surface area contributed by atoms with Crippen LogP contribution in [0.25, 0.3) is 17.2 Å². The predicted octanol–water partition coefficient (Wildman–Crippen LogP) is 4.00. The highest BCUT2D eigenvalue weighted by Gasteiger charge is 2.32. The van der Waals surface area contributed by atoms with E-state index in [2.05, 4.69) is 11.4 Å². The van der Waals surface area contributed by atoms with Gasteiger partial charge in [-0.1, -0.05) is 30.3 Å². The van der Waals surface area contributed by atoms with Gasteiger partial charge in [-0.3, -0.25) is 9.59 Å². The summed E-state index contributed by atoms with van der Waals surface area (Å²) in [5, 5.41) is 12.2. The van der Waals surface area contributed by atoms with Crippen molar-refractivity contribution in [3.05, 3.63) is 94.3 Å². The zero-order chi connectivity index (χ0) is 23.5. The summed E-state index contributed by atoms with van der Waals surface area (Å²) in [6.45, 7) is 0.375. The quantitative estimate of drug-likeness (QED) is 0.463. The normalized spacial score (nSPS) is 12.9. The maximum absolute atomic E-state index is 13.2. The monoisotopic (exact) mass is 440 g/mol. The average Bonchev–Trinajstić information content (AvgIpc) is 3.16. The summed E-state index contributed by atoms with van der Waals surface area (Å²) in [5.74, 6) is -0.822. The maximum Gasteiger partial charge on any atom is 0.256 e. The molecule has 3 aromatic rings. The lowest BCUT2D eigenvalue weighted by Crippen LogP contribution is -2.26. The van der Waals surface area contributed by atoms with Crippen molar-refractivity contribution in [2.24, 2.45) is 0 Å². The first-order chi connectivity index (χ1) is 15.9. The lowest BCUT2D eigenvalue weighted by atomic mass is 9.94. The molecule has 0 saturated heterocycles. The van der Waals surface area contributed by atoms with Gasteiger partial charge in [-0.2, -0.15) is 5.26 Å². The first kappa shape index (κ1) is 21.8. The molecule has 0 spiro atoms. The fraction of sp³-hybridized carbons (Fsp3) is 0.115. The molecule has 0 aliphatic carbocycles. The van der Waals surface area contributed by atoms with Crippen LogP contribution in [0.5, 0.6) is 0 Å². The van der Waals surface area contributed by atoms with E-state index in [-0.39, 0.29) is 30.7 Å². The second kappa shape index (κ2) is 8.97. The van der Waals surface area contributed by atoms with Crippen molar-refractivity contribution in [1.82, 2.24) is 10.2 Å². The number of anilines is 1. The summed E-state index contributed by atoms with van der Waals surface area (Å²) in [6, 6.07) is 18.6. The molecule has 2 amide bonds. The van der Waals surface area contributed by atoms with Gasteiger partial charge in [-0.15, -0.1) is 0 Å². The molecule has 3 N–H and O–H groups in total.